The van der Waals surface area contributed by atoms with E-state index in [0.29, 0.717) is 32.3 Å². The molecule has 1 aromatic carbocycles. The van der Waals surface area contributed by atoms with E-state index in [-0.39, 0.29) is 35.1 Å². The van der Waals surface area contributed by atoms with Crippen molar-refractivity contribution >= 4 is 11.6 Å². The summed E-state index contributed by atoms with van der Waals surface area (Å²) in [7, 11) is 0. The highest BCUT2D eigenvalue weighted by Crippen LogP contribution is 2.31. The number of aliphatic hydroxyl groups excluding tert-OH is 1. The lowest BCUT2D eigenvalue weighted by atomic mass is 10.2. The fraction of sp³-hybridized carbons (Fsp3) is 0.375. The average molecular weight is 511 g/mol. The third kappa shape index (κ3) is 7.31. The predicted molar refractivity (Wildman–Crippen MR) is 126 cm³/mol. The standard InChI is InChI=1S/C24H27F5N6O/c1-3-35(4-2)22(36)7-8-31-20-11-21(32-13-15-5-6-18(25)10-19(15)26)34-23(33-20)16-9-17(14-30-12-16)24(27,28)29/h5-6,9-12,14,22,36H,3-4,7-8,13H2,1-2H3,(H2,31,32,33,34). The number of aromatic nitrogens is 3. The minimum atomic E-state index is -4.60. The van der Waals surface area contributed by atoms with Gasteiger partial charge in [-0.2, -0.15) is 13.2 Å². The second-order valence-electron chi connectivity index (χ2n) is 7.93. The molecule has 0 spiro atoms. The number of hydrogen-bond donors (Lipinski definition) is 3. The van der Waals surface area contributed by atoms with Gasteiger partial charge in [-0.1, -0.05) is 19.9 Å². The van der Waals surface area contributed by atoms with Crippen LogP contribution in [0.1, 0.15) is 31.4 Å². The molecule has 0 saturated heterocycles. The first-order valence-electron chi connectivity index (χ1n) is 11.4. The van der Waals surface area contributed by atoms with E-state index in [1.165, 1.54) is 18.3 Å². The zero-order valence-corrected chi connectivity index (χ0v) is 19.8. The van der Waals surface area contributed by atoms with E-state index in [9.17, 15) is 27.1 Å². The van der Waals surface area contributed by atoms with Gasteiger partial charge in [0, 0.05) is 55.2 Å². The molecule has 3 aromatic rings. The largest absolute Gasteiger partial charge is 0.417 e. The monoisotopic (exact) mass is 510 g/mol. The summed E-state index contributed by atoms with van der Waals surface area (Å²) >= 11 is 0. The molecule has 3 rings (SSSR count). The molecule has 0 aliphatic carbocycles. The van der Waals surface area contributed by atoms with Gasteiger partial charge in [-0.15, -0.1) is 0 Å². The van der Waals surface area contributed by atoms with Gasteiger partial charge in [0.1, 0.15) is 29.5 Å². The molecule has 12 heteroatoms. The van der Waals surface area contributed by atoms with Crippen LogP contribution in [0.5, 0.6) is 0 Å². The third-order valence-corrected chi connectivity index (χ3v) is 5.47. The van der Waals surface area contributed by atoms with Crippen molar-refractivity contribution in [2.75, 3.05) is 30.3 Å². The summed E-state index contributed by atoms with van der Waals surface area (Å²) in [5, 5.41) is 16.2. The van der Waals surface area contributed by atoms with E-state index < -0.39 is 29.6 Å². The maximum absolute atomic E-state index is 14.0. The summed E-state index contributed by atoms with van der Waals surface area (Å²) in [6.45, 7) is 5.48. The van der Waals surface area contributed by atoms with Gasteiger partial charge in [0.25, 0.3) is 0 Å². The maximum Gasteiger partial charge on any atom is 0.417 e. The van der Waals surface area contributed by atoms with Crippen LogP contribution in [0.3, 0.4) is 0 Å². The van der Waals surface area contributed by atoms with Gasteiger partial charge in [-0.25, -0.2) is 18.7 Å². The van der Waals surface area contributed by atoms with Crippen molar-refractivity contribution < 1.29 is 27.1 Å². The molecule has 0 bridgehead atoms. The van der Waals surface area contributed by atoms with Gasteiger partial charge in [-0.3, -0.25) is 9.88 Å². The second-order valence-corrected chi connectivity index (χ2v) is 7.93. The number of benzene rings is 1. The van der Waals surface area contributed by atoms with E-state index in [4.69, 9.17) is 0 Å². The highest BCUT2D eigenvalue weighted by molar-refractivity contribution is 5.61. The Labute approximate surface area is 205 Å². The van der Waals surface area contributed by atoms with E-state index in [1.807, 2.05) is 18.7 Å². The Morgan fingerprint density at radius 2 is 1.67 bits per heavy atom. The minimum Gasteiger partial charge on any atom is -0.378 e. The topological polar surface area (TPSA) is 86.2 Å². The molecule has 3 N–H and O–H groups in total. The van der Waals surface area contributed by atoms with E-state index >= 15 is 0 Å². The summed E-state index contributed by atoms with van der Waals surface area (Å²) in [6, 6.07) is 5.55. The van der Waals surface area contributed by atoms with Crippen LogP contribution in [0.15, 0.2) is 42.7 Å². The van der Waals surface area contributed by atoms with E-state index in [2.05, 4.69) is 25.6 Å². The van der Waals surface area contributed by atoms with Crippen LogP contribution in [0.2, 0.25) is 0 Å². The first-order chi connectivity index (χ1) is 17.1. The number of alkyl halides is 3. The molecule has 0 radical (unpaired) electrons. The van der Waals surface area contributed by atoms with Crippen LogP contribution in [0.25, 0.3) is 11.4 Å². The molecule has 7 nitrogen and oxygen atoms in total. The number of anilines is 2. The Kier molecular flexibility index (Phi) is 9.10. The summed E-state index contributed by atoms with van der Waals surface area (Å²) in [4.78, 5) is 14.1. The minimum absolute atomic E-state index is 0.0349. The summed E-state index contributed by atoms with van der Waals surface area (Å²) in [5.41, 5.74) is -0.742. The Hall–Kier alpha value is -3.38. The van der Waals surface area contributed by atoms with Crippen molar-refractivity contribution in [3.05, 3.63) is 65.5 Å². The Morgan fingerprint density at radius 3 is 2.31 bits per heavy atom. The molecular formula is C24H27F5N6O. The van der Waals surface area contributed by atoms with Crippen LogP contribution in [0, 0.1) is 11.6 Å². The van der Waals surface area contributed by atoms with Crippen molar-refractivity contribution in [2.24, 2.45) is 0 Å². The second kappa shape index (κ2) is 12.0. The van der Waals surface area contributed by atoms with E-state index in [1.54, 1.807) is 0 Å². The maximum atomic E-state index is 14.0. The van der Waals surface area contributed by atoms with Crippen molar-refractivity contribution in [3.63, 3.8) is 0 Å². The van der Waals surface area contributed by atoms with Crippen molar-refractivity contribution in [3.8, 4) is 11.4 Å². The van der Waals surface area contributed by atoms with Gasteiger partial charge in [0.15, 0.2) is 5.82 Å². The third-order valence-electron chi connectivity index (χ3n) is 5.47. The SMILES string of the molecule is CCN(CC)C(O)CCNc1cc(NCc2ccc(F)cc2F)nc(-c2cncc(C(F)(F)F)c2)n1. The quantitative estimate of drug-likeness (QED) is 0.250. The molecule has 1 atom stereocenters. The molecule has 36 heavy (non-hydrogen) atoms. The molecule has 2 heterocycles. The number of hydrogen-bond acceptors (Lipinski definition) is 7. The van der Waals surface area contributed by atoms with Gasteiger partial charge >= 0.3 is 6.18 Å². The number of nitrogens with one attached hydrogen (secondary N) is 2. The van der Waals surface area contributed by atoms with Crippen LogP contribution >= 0.6 is 0 Å². The van der Waals surface area contributed by atoms with Crippen LogP contribution in [-0.2, 0) is 12.7 Å². The summed E-state index contributed by atoms with van der Waals surface area (Å²) in [6.07, 6.45) is -2.99. The number of rotatable bonds is 11. The molecule has 194 valence electrons. The highest BCUT2D eigenvalue weighted by atomic mass is 19.4. The molecule has 0 fully saturated rings. The molecular weight excluding hydrogens is 483 g/mol. The molecule has 2 aromatic heterocycles. The van der Waals surface area contributed by atoms with Crippen LogP contribution in [-0.4, -0.2) is 50.8 Å². The molecule has 0 aliphatic heterocycles. The first-order valence-corrected chi connectivity index (χ1v) is 11.4. The average Bonchev–Trinajstić information content (AvgIpc) is 2.84. The number of halogens is 5. The first kappa shape index (κ1) is 27.2. The molecule has 1 unspecified atom stereocenters. The van der Waals surface area contributed by atoms with Crippen LogP contribution < -0.4 is 10.6 Å². The van der Waals surface area contributed by atoms with Crippen molar-refractivity contribution in [1.82, 2.24) is 19.9 Å². The number of nitrogens with zero attached hydrogens (tertiary/aromatic N) is 4. The van der Waals surface area contributed by atoms with Gasteiger partial charge < -0.3 is 15.7 Å². The Balaban J connectivity index is 1.86. The zero-order valence-electron chi connectivity index (χ0n) is 19.8. The normalized spacial score (nSPS) is 12.6. The number of pyridine rings is 1. The fourth-order valence-electron chi connectivity index (χ4n) is 3.48. The lowest BCUT2D eigenvalue weighted by Crippen LogP contribution is -2.36. The highest BCUT2D eigenvalue weighted by Gasteiger charge is 2.31. The van der Waals surface area contributed by atoms with Crippen molar-refractivity contribution in [2.45, 2.75) is 39.2 Å². The van der Waals surface area contributed by atoms with Gasteiger partial charge in [-0.05, 0) is 25.2 Å². The molecule has 0 saturated carbocycles. The lowest BCUT2D eigenvalue weighted by Gasteiger charge is -2.25. The summed E-state index contributed by atoms with van der Waals surface area (Å²) in [5.74, 6) is -1.01. The molecule has 0 amide bonds. The zero-order chi connectivity index (χ0) is 26.3. The smallest absolute Gasteiger partial charge is 0.378 e. The fourth-order valence-corrected chi connectivity index (χ4v) is 3.48. The molecule has 0 aliphatic rings. The lowest BCUT2D eigenvalue weighted by molar-refractivity contribution is -0.137. The van der Waals surface area contributed by atoms with Crippen LogP contribution in [0.4, 0.5) is 33.6 Å². The summed E-state index contributed by atoms with van der Waals surface area (Å²) < 4.78 is 66.8. The predicted octanol–water partition coefficient (Wildman–Crippen LogP) is 4.91. The van der Waals surface area contributed by atoms with E-state index in [0.717, 1.165) is 18.2 Å². The van der Waals surface area contributed by atoms with Gasteiger partial charge in [0.05, 0.1) is 5.56 Å². The Bertz CT molecular complexity index is 1160. The Morgan fingerprint density at radius 1 is 0.972 bits per heavy atom. The van der Waals surface area contributed by atoms with Crippen molar-refractivity contribution in [1.29, 1.82) is 0 Å². The number of aliphatic hydroxyl groups is 1. The van der Waals surface area contributed by atoms with Gasteiger partial charge in [0.2, 0.25) is 0 Å².